The van der Waals surface area contributed by atoms with E-state index in [4.69, 9.17) is 0 Å². The summed E-state index contributed by atoms with van der Waals surface area (Å²) in [6.45, 7) is 2.65. The van der Waals surface area contributed by atoms with E-state index in [0.29, 0.717) is 18.7 Å². The topological polar surface area (TPSA) is 75.1 Å². The highest BCUT2D eigenvalue weighted by atomic mass is 32.1. The van der Waals surface area contributed by atoms with E-state index in [0.717, 1.165) is 29.2 Å². The lowest BCUT2D eigenvalue weighted by Gasteiger charge is -2.00. The Morgan fingerprint density at radius 1 is 1.48 bits per heavy atom. The zero-order chi connectivity index (χ0) is 14.7. The van der Waals surface area contributed by atoms with Crippen LogP contribution >= 0.6 is 11.3 Å². The molecule has 0 saturated heterocycles. The van der Waals surface area contributed by atoms with Crippen LogP contribution in [0, 0.1) is 0 Å². The first-order valence-electron chi connectivity index (χ1n) is 7.00. The molecule has 21 heavy (non-hydrogen) atoms. The Hall–Kier alpha value is -2.15. The number of nitrogens with zero attached hydrogens (tertiary/aromatic N) is 3. The van der Waals surface area contributed by atoms with Crippen LogP contribution < -0.4 is 5.32 Å². The fraction of sp³-hybridized carbons (Fsp3) is 0.357. The van der Waals surface area contributed by atoms with Gasteiger partial charge in [0.1, 0.15) is 5.69 Å². The number of carbonyl (C=O) groups is 1. The van der Waals surface area contributed by atoms with Crippen LogP contribution in [0.2, 0.25) is 0 Å². The SMILES string of the molecule is CCCc1cc(C(=O)NCCc2cn3ccsc3n2)n[nH]1. The smallest absolute Gasteiger partial charge is 0.271 e. The number of nitrogens with one attached hydrogen (secondary N) is 2. The van der Waals surface area contributed by atoms with Gasteiger partial charge in [0, 0.05) is 36.4 Å². The maximum atomic E-state index is 12.0. The van der Waals surface area contributed by atoms with E-state index < -0.39 is 0 Å². The molecule has 0 saturated carbocycles. The van der Waals surface area contributed by atoms with Crippen molar-refractivity contribution in [3.05, 3.63) is 40.9 Å². The molecule has 0 atom stereocenters. The van der Waals surface area contributed by atoms with Crippen molar-refractivity contribution in [2.45, 2.75) is 26.2 Å². The van der Waals surface area contributed by atoms with Crippen LogP contribution in [0.25, 0.3) is 4.96 Å². The summed E-state index contributed by atoms with van der Waals surface area (Å²) < 4.78 is 1.99. The molecular weight excluding hydrogens is 286 g/mol. The number of imidazole rings is 1. The summed E-state index contributed by atoms with van der Waals surface area (Å²) in [7, 11) is 0. The molecule has 3 aromatic rings. The van der Waals surface area contributed by atoms with E-state index in [2.05, 4.69) is 27.4 Å². The number of aryl methyl sites for hydroxylation is 1. The van der Waals surface area contributed by atoms with Gasteiger partial charge in [-0.1, -0.05) is 13.3 Å². The standard InChI is InChI=1S/C14H17N5OS/c1-2-3-10-8-12(18-17-10)13(20)15-5-4-11-9-19-6-7-21-14(19)16-11/h6-9H,2-5H2,1H3,(H,15,20)(H,17,18). The first-order valence-corrected chi connectivity index (χ1v) is 7.88. The number of aromatic nitrogens is 4. The molecule has 0 radical (unpaired) electrons. The second-order valence-corrected chi connectivity index (χ2v) is 5.73. The van der Waals surface area contributed by atoms with Gasteiger partial charge in [-0.2, -0.15) is 5.10 Å². The minimum absolute atomic E-state index is 0.144. The summed E-state index contributed by atoms with van der Waals surface area (Å²) >= 11 is 1.60. The molecule has 0 aliphatic heterocycles. The van der Waals surface area contributed by atoms with E-state index in [1.165, 1.54) is 0 Å². The van der Waals surface area contributed by atoms with Crippen LogP contribution in [0.5, 0.6) is 0 Å². The maximum Gasteiger partial charge on any atom is 0.271 e. The van der Waals surface area contributed by atoms with Crippen LogP contribution in [-0.4, -0.2) is 32.0 Å². The Balaban J connectivity index is 1.52. The van der Waals surface area contributed by atoms with Gasteiger partial charge < -0.3 is 5.32 Å². The highest BCUT2D eigenvalue weighted by Crippen LogP contribution is 2.11. The van der Waals surface area contributed by atoms with Gasteiger partial charge in [-0.25, -0.2) is 4.98 Å². The number of carbonyl (C=O) groups excluding carboxylic acids is 1. The largest absolute Gasteiger partial charge is 0.350 e. The predicted molar refractivity (Wildman–Crippen MR) is 81.7 cm³/mol. The molecule has 3 heterocycles. The van der Waals surface area contributed by atoms with E-state index in [9.17, 15) is 4.79 Å². The zero-order valence-electron chi connectivity index (χ0n) is 11.8. The summed E-state index contributed by atoms with van der Waals surface area (Å²) in [6, 6.07) is 1.81. The Bertz CT molecular complexity index is 713. The van der Waals surface area contributed by atoms with Crippen molar-refractivity contribution in [2.75, 3.05) is 6.54 Å². The lowest BCUT2D eigenvalue weighted by molar-refractivity contribution is 0.0949. The van der Waals surface area contributed by atoms with Crippen LogP contribution in [0.4, 0.5) is 0 Å². The molecule has 0 fully saturated rings. The predicted octanol–water partition coefficient (Wildman–Crippen LogP) is 2.04. The van der Waals surface area contributed by atoms with Gasteiger partial charge in [0.25, 0.3) is 5.91 Å². The van der Waals surface area contributed by atoms with Gasteiger partial charge in [0.2, 0.25) is 0 Å². The number of aromatic amines is 1. The van der Waals surface area contributed by atoms with Crippen LogP contribution in [0.1, 0.15) is 35.2 Å². The van der Waals surface area contributed by atoms with Gasteiger partial charge in [-0.15, -0.1) is 11.3 Å². The second kappa shape index (κ2) is 6.09. The number of fused-ring (bicyclic) bond motifs is 1. The first kappa shape index (κ1) is 13.8. The molecule has 1 amide bonds. The molecule has 0 spiro atoms. The summed E-state index contributed by atoms with van der Waals surface area (Å²) in [4.78, 5) is 17.4. The van der Waals surface area contributed by atoms with Crippen molar-refractivity contribution in [2.24, 2.45) is 0 Å². The molecular formula is C14H17N5OS. The third-order valence-electron chi connectivity index (χ3n) is 3.19. The molecule has 0 unspecified atom stereocenters. The molecule has 0 aromatic carbocycles. The number of amides is 1. The molecule has 0 aliphatic carbocycles. The quantitative estimate of drug-likeness (QED) is 0.732. The van der Waals surface area contributed by atoms with Crippen LogP contribution in [0.15, 0.2) is 23.8 Å². The van der Waals surface area contributed by atoms with Gasteiger partial charge in [0.15, 0.2) is 4.96 Å². The lowest BCUT2D eigenvalue weighted by atomic mass is 10.2. The van der Waals surface area contributed by atoms with E-state index in [1.54, 1.807) is 11.3 Å². The minimum Gasteiger partial charge on any atom is -0.350 e. The van der Waals surface area contributed by atoms with Crippen LogP contribution in [0.3, 0.4) is 0 Å². The van der Waals surface area contributed by atoms with Gasteiger partial charge in [-0.3, -0.25) is 14.3 Å². The average molecular weight is 303 g/mol. The molecule has 3 rings (SSSR count). The Morgan fingerprint density at radius 3 is 3.19 bits per heavy atom. The molecule has 2 N–H and O–H groups in total. The molecule has 3 aromatic heterocycles. The van der Waals surface area contributed by atoms with Crippen molar-refractivity contribution in [1.82, 2.24) is 24.9 Å². The summed E-state index contributed by atoms with van der Waals surface area (Å²) in [5.41, 5.74) is 2.43. The maximum absolute atomic E-state index is 12.0. The third kappa shape index (κ3) is 3.13. The number of H-pyrrole nitrogens is 1. The summed E-state index contributed by atoms with van der Waals surface area (Å²) in [6.07, 6.45) is 6.62. The van der Waals surface area contributed by atoms with Gasteiger partial charge in [0.05, 0.1) is 5.69 Å². The van der Waals surface area contributed by atoms with Crippen molar-refractivity contribution >= 4 is 22.2 Å². The highest BCUT2D eigenvalue weighted by molar-refractivity contribution is 7.15. The number of hydrogen-bond donors (Lipinski definition) is 2. The number of thiazole rings is 1. The monoisotopic (exact) mass is 303 g/mol. The fourth-order valence-corrected chi connectivity index (χ4v) is 2.89. The molecule has 110 valence electrons. The molecule has 0 bridgehead atoms. The van der Waals surface area contributed by atoms with E-state index in [1.807, 2.05) is 28.2 Å². The van der Waals surface area contributed by atoms with Gasteiger partial charge >= 0.3 is 0 Å². The summed E-state index contributed by atoms with van der Waals surface area (Å²) in [5.74, 6) is -0.144. The van der Waals surface area contributed by atoms with Crippen LogP contribution in [-0.2, 0) is 12.8 Å². The molecule has 6 nitrogen and oxygen atoms in total. The minimum atomic E-state index is -0.144. The average Bonchev–Trinajstić information content (AvgIpc) is 3.14. The van der Waals surface area contributed by atoms with Crippen molar-refractivity contribution in [1.29, 1.82) is 0 Å². The fourth-order valence-electron chi connectivity index (χ4n) is 2.17. The van der Waals surface area contributed by atoms with Crippen molar-refractivity contribution < 1.29 is 4.79 Å². The Kier molecular flexibility index (Phi) is 4.01. The van der Waals surface area contributed by atoms with E-state index >= 15 is 0 Å². The van der Waals surface area contributed by atoms with E-state index in [-0.39, 0.29) is 5.91 Å². The Labute approximate surface area is 126 Å². The highest BCUT2D eigenvalue weighted by Gasteiger charge is 2.10. The molecule has 0 aliphatic rings. The number of hydrogen-bond acceptors (Lipinski definition) is 4. The number of rotatable bonds is 6. The molecule has 7 heteroatoms. The first-order chi connectivity index (χ1) is 10.3. The third-order valence-corrected chi connectivity index (χ3v) is 3.96. The zero-order valence-corrected chi connectivity index (χ0v) is 12.6. The lowest BCUT2D eigenvalue weighted by Crippen LogP contribution is -2.26. The summed E-state index contributed by atoms with van der Waals surface area (Å²) in [5, 5.41) is 11.8. The van der Waals surface area contributed by atoms with Crippen molar-refractivity contribution in [3.8, 4) is 0 Å². The normalized spacial score (nSPS) is 11.1. The van der Waals surface area contributed by atoms with Crippen molar-refractivity contribution in [3.63, 3.8) is 0 Å². The second-order valence-electron chi connectivity index (χ2n) is 4.86. The van der Waals surface area contributed by atoms with Gasteiger partial charge in [-0.05, 0) is 12.5 Å². The Morgan fingerprint density at radius 2 is 2.38 bits per heavy atom.